The second-order valence-corrected chi connectivity index (χ2v) is 2.35. The van der Waals surface area contributed by atoms with E-state index in [-0.39, 0.29) is 5.97 Å². The third-order valence-electron chi connectivity index (χ3n) is 1.42. The smallest absolute Gasteiger partial charge is 0.335 e. The van der Waals surface area contributed by atoms with E-state index in [2.05, 4.69) is 4.99 Å². The molecule has 0 radical (unpaired) electrons. The molecule has 0 atom stereocenters. The molecule has 1 aliphatic heterocycles. The van der Waals surface area contributed by atoms with Crippen molar-refractivity contribution in [2.45, 2.75) is 13.8 Å². The minimum atomic E-state index is -0.242. The normalized spacial score (nSPS) is 15.8. The van der Waals surface area contributed by atoms with E-state index < -0.39 is 0 Å². The average molecular weight is 153 g/mol. The summed E-state index contributed by atoms with van der Waals surface area (Å²) in [5, 5.41) is 0. The number of carbonyl (C=O) groups excluding carboxylic acids is 1. The lowest BCUT2D eigenvalue weighted by Gasteiger charge is -1.99. The first-order chi connectivity index (χ1) is 5.24. The highest BCUT2D eigenvalue weighted by Gasteiger charge is 2.13. The van der Waals surface area contributed by atoms with Crippen LogP contribution in [0.4, 0.5) is 0 Å². The summed E-state index contributed by atoms with van der Waals surface area (Å²) in [5.41, 5.74) is 1.55. The molecule has 0 saturated carbocycles. The Hall–Kier alpha value is -1.12. The van der Waals surface area contributed by atoms with Crippen LogP contribution in [-0.4, -0.2) is 24.8 Å². The first-order valence-electron chi connectivity index (χ1n) is 3.62. The zero-order valence-corrected chi connectivity index (χ0v) is 6.76. The van der Waals surface area contributed by atoms with E-state index in [4.69, 9.17) is 4.74 Å². The number of nitrogens with zero attached hydrogens (tertiary/aromatic N) is 1. The number of ether oxygens (including phenoxy) is 1. The summed E-state index contributed by atoms with van der Waals surface area (Å²) >= 11 is 0. The van der Waals surface area contributed by atoms with Gasteiger partial charge in [0.1, 0.15) is 0 Å². The van der Waals surface area contributed by atoms with Gasteiger partial charge in [0.2, 0.25) is 0 Å². The Morgan fingerprint density at radius 1 is 1.82 bits per heavy atom. The first kappa shape index (κ1) is 7.98. The van der Waals surface area contributed by atoms with Crippen LogP contribution >= 0.6 is 0 Å². The first-order valence-corrected chi connectivity index (χ1v) is 3.62. The number of carbonyl (C=O) groups is 1. The zero-order chi connectivity index (χ0) is 8.27. The van der Waals surface area contributed by atoms with Crippen molar-refractivity contribution in [2.24, 2.45) is 4.99 Å². The van der Waals surface area contributed by atoms with E-state index in [0.29, 0.717) is 18.7 Å². The summed E-state index contributed by atoms with van der Waals surface area (Å²) in [4.78, 5) is 15.1. The highest BCUT2D eigenvalue weighted by atomic mass is 16.5. The number of aliphatic imine (C=N–C) groups is 1. The molecule has 0 fully saturated rings. The van der Waals surface area contributed by atoms with Crippen molar-refractivity contribution in [3.05, 3.63) is 11.6 Å². The molecule has 60 valence electrons. The van der Waals surface area contributed by atoms with Crippen LogP contribution in [0.2, 0.25) is 0 Å². The van der Waals surface area contributed by atoms with Crippen molar-refractivity contribution in [1.82, 2.24) is 0 Å². The van der Waals surface area contributed by atoms with Gasteiger partial charge in [-0.05, 0) is 19.9 Å². The maximum absolute atomic E-state index is 11.0. The number of rotatable bonds is 2. The molecular weight excluding hydrogens is 142 g/mol. The standard InChI is InChI=1S/C8H11NO2/c1-3-11-8(10)7-4-6(2)9-5-7/h4H,3,5H2,1-2H3. The molecular formula is C8H11NO2. The van der Waals surface area contributed by atoms with E-state index in [9.17, 15) is 4.79 Å². The van der Waals surface area contributed by atoms with E-state index in [1.165, 1.54) is 0 Å². The maximum Gasteiger partial charge on any atom is 0.335 e. The number of esters is 1. The minimum Gasteiger partial charge on any atom is -0.463 e. The highest BCUT2D eigenvalue weighted by molar-refractivity contribution is 6.04. The van der Waals surface area contributed by atoms with Crippen LogP contribution in [0.1, 0.15) is 13.8 Å². The van der Waals surface area contributed by atoms with Crippen molar-refractivity contribution >= 4 is 11.7 Å². The van der Waals surface area contributed by atoms with Gasteiger partial charge >= 0.3 is 5.97 Å². The van der Waals surface area contributed by atoms with Gasteiger partial charge in [0.25, 0.3) is 0 Å². The fourth-order valence-corrected chi connectivity index (χ4v) is 0.901. The summed E-state index contributed by atoms with van der Waals surface area (Å²) in [6.45, 7) is 4.56. The Morgan fingerprint density at radius 2 is 2.55 bits per heavy atom. The topological polar surface area (TPSA) is 38.7 Å². The van der Waals surface area contributed by atoms with Crippen molar-refractivity contribution in [2.75, 3.05) is 13.2 Å². The van der Waals surface area contributed by atoms with Crippen LogP contribution in [-0.2, 0) is 9.53 Å². The fraction of sp³-hybridized carbons (Fsp3) is 0.500. The predicted octanol–water partition coefficient (Wildman–Crippen LogP) is 0.950. The molecule has 3 heteroatoms. The number of hydrogen-bond donors (Lipinski definition) is 0. The van der Waals surface area contributed by atoms with Gasteiger partial charge in [0, 0.05) is 5.71 Å². The molecule has 0 spiro atoms. The lowest BCUT2D eigenvalue weighted by Crippen LogP contribution is -2.08. The van der Waals surface area contributed by atoms with Gasteiger partial charge in [-0.1, -0.05) is 0 Å². The molecule has 3 nitrogen and oxygen atoms in total. The van der Waals surface area contributed by atoms with Gasteiger partial charge in [-0.15, -0.1) is 0 Å². The molecule has 0 aromatic carbocycles. The molecule has 1 aliphatic rings. The highest BCUT2D eigenvalue weighted by Crippen LogP contribution is 2.06. The summed E-state index contributed by atoms with van der Waals surface area (Å²) < 4.78 is 4.79. The molecule has 0 aromatic rings. The second kappa shape index (κ2) is 3.32. The Kier molecular flexibility index (Phi) is 2.41. The van der Waals surface area contributed by atoms with E-state index in [1.54, 1.807) is 13.0 Å². The average Bonchev–Trinajstić information content (AvgIpc) is 2.36. The van der Waals surface area contributed by atoms with Gasteiger partial charge in [0.15, 0.2) is 0 Å². The Labute approximate surface area is 65.8 Å². The third-order valence-corrected chi connectivity index (χ3v) is 1.42. The Bertz CT molecular complexity index is 228. The molecule has 1 rings (SSSR count). The molecule has 0 N–H and O–H groups in total. The predicted molar refractivity (Wildman–Crippen MR) is 42.7 cm³/mol. The van der Waals surface area contributed by atoms with E-state index in [0.717, 1.165) is 5.71 Å². The molecule has 1 heterocycles. The van der Waals surface area contributed by atoms with Crippen LogP contribution in [0.5, 0.6) is 0 Å². The molecule has 0 bridgehead atoms. The summed E-state index contributed by atoms with van der Waals surface area (Å²) in [5.74, 6) is -0.242. The molecule has 0 aliphatic carbocycles. The van der Waals surface area contributed by atoms with Crippen LogP contribution in [0.25, 0.3) is 0 Å². The van der Waals surface area contributed by atoms with Gasteiger partial charge < -0.3 is 4.74 Å². The summed E-state index contributed by atoms with van der Waals surface area (Å²) in [6, 6.07) is 0. The third kappa shape index (κ3) is 1.90. The molecule has 0 amide bonds. The molecule has 0 unspecified atom stereocenters. The number of allylic oxidation sites excluding steroid dienone is 1. The Balaban J connectivity index is 2.52. The van der Waals surface area contributed by atoms with Crippen molar-refractivity contribution < 1.29 is 9.53 Å². The van der Waals surface area contributed by atoms with Crippen molar-refractivity contribution in [1.29, 1.82) is 0 Å². The zero-order valence-electron chi connectivity index (χ0n) is 6.76. The van der Waals surface area contributed by atoms with Crippen LogP contribution in [0.15, 0.2) is 16.6 Å². The van der Waals surface area contributed by atoms with Gasteiger partial charge in [-0.2, -0.15) is 0 Å². The SMILES string of the molecule is CCOC(=O)C1=CC(C)=NC1. The second-order valence-electron chi connectivity index (χ2n) is 2.35. The van der Waals surface area contributed by atoms with Gasteiger partial charge in [0.05, 0.1) is 18.7 Å². The molecule has 0 aromatic heterocycles. The lowest BCUT2D eigenvalue weighted by molar-refractivity contribution is -0.138. The summed E-state index contributed by atoms with van der Waals surface area (Å²) in [7, 11) is 0. The quantitative estimate of drug-likeness (QED) is 0.554. The maximum atomic E-state index is 11.0. The largest absolute Gasteiger partial charge is 0.463 e. The van der Waals surface area contributed by atoms with Crippen LogP contribution in [0.3, 0.4) is 0 Å². The van der Waals surface area contributed by atoms with Crippen molar-refractivity contribution in [3.63, 3.8) is 0 Å². The monoisotopic (exact) mass is 153 g/mol. The van der Waals surface area contributed by atoms with Gasteiger partial charge in [-0.3, -0.25) is 4.99 Å². The molecule has 0 saturated heterocycles. The summed E-state index contributed by atoms with van der Waals surface area (Å²) in [6.07, 6.45) is 1.76. The number of hydrogen-bond acceptors (Lipinski definition) is 3. The van der Waals surface area contributed by atoms with E-state index in [1.807, 2.05) is 6.92 Å². The fourth-order valence-electron chi connectivity index (χ4n) is 0.901. The van der Waals surface area contributed by atoms with Crippen LogP contribution in [0, 0.1) is 0 Å². The molecule has 11 heavy (non-hydrogen) atoms. The minimum absolute atomic E-state index is 0.242. The van der Waals surface area contributed by atoms with Crippen LogP contribution < -0.4 is 0 Å². The van der Waals surface area contributed by atoms with Gasteiger partial charge in [-0.25, -0.2) is 4.79 Å². The Morgan fingerprint density at radius 3 is 3.00 bits per heavy atom. The van der Waals surface area contributed by atoms with Crippen molar-refractivity contribution in [3.8, 4) is 0 Å². The lowest BCUT2D eigenvalue weighted by atomic mass is 10.2. The van der Waals surface area contributed by atoms with E-state index >= 15 is 0 Å².